The van der Waals surface area contributed by atoms with Crippen molar-refractivity contribution in [1.82, 2.24) is 20.3 Å². The zero-order valence-electron chi connectivity index (χ0n) is 16.7. The summed E-state index contributed by atoms with van der Waals surface area (Å²) in [4.78, 5) is 13.8. The Hall–Kier alpha value is -2.89. The van der Waals surface area contributed by atoms with Crippen LogP contribution in [0.1, 0.15) is 34.0 Å². The third-order valence-corrected chi connectivity index (χ3v) is 5.78. The Morgan fingerprint density at radius 2 is 1.69 bits per heavy atom. The molecule has 1 atom stereocenters. The van der Waals surface area contributed by atoms with E-state index in [-0.39, 0.29) is 6.04 Å². The Morgan fingerprint density at radius 3 is 2.41 bits per heavy atom. The number of benzene rings is 1. The van der Waals surface area contributed by atoms with Crippen LogP contribution in [0.15, 0.2) is 71.8 Å². The van der Waals surface area contributed by atoms with Gasteiger partial charge in [0.2, 0.25) is 0 Å². The molecule has 4 rings (SSSR count). The lowest BCUT2D eigenvalue weighted by Gasteiger charge is -2.20. The zero-order chi connectivity index (χ0) is 20.1. The summed E-state index contributed by atoms with van der Waals surface area (Å²) in [7, 11) is 0. The first-order chi connectivity index (χ1) is 14.2. The molecule has 0 saturated carbocycles. The van der Waals surface area contributed by atoms with Crippen molar-refractivity contribution >= 4 is 11.3 Å². The average molecular weight is 401 g/mol. The molecule has 1 N–H and O–H groups in total. The van der Waals surface area contributed by atoms with Crippen LogP contribution in [-0.4, -0.2) is 15.0 Å². The van der Waals surface area contributed by atoms with E-state index < -0.39 is 0 Å². The second-order valence-electron chi connectivity index (χ2n) is 7.20. The fraction of sp³-hybridized carbons (Fsp3) is 0.208. The van der Waals surface area contributed by atoms with Gasteiger partial charge >= 0.3 is 0 Å². The molecule has 29 heavy (non-hydrogen) atoms. The maximum absolute atomic E-state index is 4.64. The molecular formula is C24H24N4S. The zero-order valence-corrected chi connectivity index (χ0v) is 17.5. The normalized spacial score (nSPS) is 12.1. The highest BCUT2D eigenvalue weighted by atomic mass is 32.1. The van der Waals surface area contributed by atoms with Crippen molar-refractivity contribution in [3.05, 3.63) is 99.8 Å². The Balaban J connectivity index is 1.50. The van der Waals surface area contributed by atoms with Gasteiger partial charge in [0.05, 0.1) is 11.7 Å². The van der Waals surface area contributed by atoms with Gasteiger partial charge in [-0.05, 0) is 59.9 Å². The van der Waals surface area contributed by atoms with Gasteiger partial charge in [-0.2, -0.15) is 11.3 Å². The largest absolute Gasteiger partial charge is 0.304 e. The highest BCUT2D eigenvalue weighted by Crippen LogP contribution is 2.22. The minimum Gasteiger partial charge on any atom is -0.304 e. The summed E-state index contributed by atoms with van der Waals surface area (Å²) in [5, 5.41) is 7.99. The minimum atomic E-state index is 0.141. The van der Waals surface area contributed by atoms with E-state index >= 15 is 0 Å². The molecule has 0 radical (unpaired) electrons. The van der Waals surface area contributed by atoms with Crippen LogP contribution < -0.4 is 5.32 Å². The molecule has 0 aliphatic rings. The molecular weight excluding hydrogens is 376 g/mol. The second kappa shape index (κ2) is 9.07. The SMILES string of the molecule is Cc1ccccc1-c1ncc(CNC(Cc2ccsc2)c2ncccc2C)cn1. The lowest BCUT2D eigenvalue weighted by Crippen LogP contribution is -2.24. The monoisotopic (exact) mass is 400 g/mol. The summed E-state index contributed by atoms with van der Waals surface area (Å²) >= 11 is 1.73. The summed E-state index contributed by atoms with van der Waals surface area (Å²) in [6, 6.07) is 14.6. The number of pyridine rings is 1. The third-order valence-electron chi connectivity index (χ3n) is 5.04. The third kappa shape index (κ3) is 4.75. The van der Waals surface area contributed by atoms with Crippen molar-refractivity contribution < 1.29 is 0 Å². The lowest BCUT2D eigenvalue weighted by molar-refractivity contribution is 0.515. The molecule has 3 heterocycles. The van der Waals surface area contributed by atoms with Gasteiger partial charge in [-0.15, -0.1) is 0 Å². The minimum absolute atomic E-state index is 0.141. The summed E-state index contributed by atoms with van der Waals surface area (Å²) in [5.41, 5.74) is 6.93. The summed E-state index contributed by atoms with van der Waals surface area (Å²) in [6.45, 7) is 4.89. The molecule has 1 aromatic carbocycles. The fourth-order valence-electron chi connectivity index (χ4n) is 3.42. The summed E-state index contributed by atoms with van der Waals surface area (Å²) in [6.07, 6.45) is 6.59. The fourth-order valence-corrected chi connectivity index (χ4v) is 4.10. The molecule has 3 aromatic heterocycles. The second-order valence-corrected chi connectivity index (χ2v) is 7.98. The number of nitrogens with zero attached hydrogens (tertiary/aromatic N) is 3. The molecule has 1 unspecified atom stereocenters. The number of aromatic nitrogens is 3. The number of hydrogen-bond donors (Lipinski definition) is 1. The molecule has 0 spiro atoms. The van der Waals surface area contributed by atoms with Crippen LogP contribution in [0, 0.1) is 13.8 Å². The molecule has 0 saturated heterocycles. The number of hydrogen-bond acceptors (Lipinski definition) is 5. The van der Waals surface area contributed by atoms with Crippen LogP contribution in [0.3, 0.4) is 0 Å². The predicted octanol–water partition coefficient (Wildman–Crippen LogP) is 5.29. The van der Waals surface area contributed by atoms with Gasteiger partial charge < -0.3 is 5.32 Å². The molecule has 5 heteroatoms. The molecule has 4 nitrogen and oxygen atoms in total. The maximum atomic E-state index is 4.64. The number of rotatable bonds is 7. The van der Waals surface area contributed by atoms with E-state index in [1.807, 2.05) is 36.8 Å². The van der Waals surface area contributed by atoms with Crippen molar-refractivity contribution in [2.24, 2.45) is 0 Å². The van der Waals surface area contributed by atoms with Crippen molar-refractivity contribution in [2.75, 3.05) is 0 Å². The molecule has 0 bridgehead atoms. The van der Waals surface area contributed by atoms with Crippen LogP contribution in [0.4, 0.5) is 0 Å². The van der Waals surface area contributed by atoms with Crippen molar-refractivity contribution in [3.8, 4) is 11.4 Å². The van der Waals surface area contributed by atoms with E-state index in [0.29, 0.717) is 6.54 Å². The van der Waals surface area contributed by atoms with Crippen LogP contribution >= 0.6 is 11.3 Å². The van der Waals surface area contributed by atoms with Gasteiger partial charge in [-0.25, -0.2) is 9.97 Å². The molecule has 0 aliphatic carbocycles. The van der Waals surface area contributed by atoms with E-state index in [2.05, 4.69) is 69.1 Å². The van der Waals surface area contributed by atoms with Crippen molar-refractivity contribution in [1.29, 1.82) is 0 Å². The lowest BCUT2D eigenvalue weighted by atomic mass is 10.0. The smallest absolute Gasteiger partial charge is 0.159 e. The Morgan fingerprint density at radius 1 is 0.897 bits per heavy atom. The quantitative estimate of drug-likeness (QED) is 0.458. The van der Waals surface area contributed by atoms with Gasteiger partial charge in [0.25, 0.3) is 0 Å². The number of thiophene rings is 1. The number of aryl methyl sites for hydroxylation is 2. The first kappa shape index (κ1) is 19.4. The summed E-state index contributed by atoms with van der Waals surface area (Å²) < 4.78 is 0. The van der Waals surface area contributed by atoms with E-state index in [1.54, 1.807) is 11.3 Å². The van der Waals surface area contributed by atoms with Gasteiger partial charge in [-0.3, -0.25) is 4.98 Å². The Labute approximate surface area is 175 Å². The van der Waals surface area contributed by atoms with E-state index in [1.165, 1.54) is 16.7 Å². The van der Waals surface area contributed by atoms with Gasteiger partial charge in [-0.1, -0.05) is 30.3 Å². The van der Waals surface area contributed by atoms with Crippen molar-refractivity contribution in [2.45, 2.75) is 32.9 Å². The topological polar surface area (TPSA) is 50.7 Å². The molecule has 146 valence electrons. The van der Waals surface area contributed by atoms with Gasteiger partial charge in [0, 0.05) is 36.3 Å². The maximum Gasteiger partial charge on any atom is 0.159 e. The molecule has 0 fully saturated rings. The van der Waals surface area contributed by atoms with Crippen LogP contribution in [0.5, 0.6) is 0 Å². The first-order valence-corrected chi connectivity index (χ1v) is 10.7. The molecule has 4 aromatic rings. The van der Waals surface area contributed by atoms with Crippen LogP contribution in [0.2, 0.25) is 0 Å². The Kier molecular flexibility index (Phi) is 6.08. The standard InChI is InChI=1S/C24H24N4S/c1-17-6-3-4-8-21(17)24-27-14-20(15-28-24)13-26-22(12-19-9-11-29-16-19)23-18(2)7-5-10-25-23/h3-11,14-16,22,26H,12-13H2,1-2H3. The van der Waals surface area contributed by atoms with E-state index in [9.17, 15) is 0 Å². The highest BCUT2D eigenvalue weighted by Gasteiger charge is 2.16. The summed E-state index contributed by atoms with van der Waals surface area (Å²) in [5.74, 6) is 0.766. The van der Waals surface area contributed by atoms with Crippen LogP contribution in [0.25, 0.3) is 11.4 Å². The van der Waals surface area contributed by atoms with Gasteiger partial charge in [0.15, 0.2) is 5.82 Å². The molecule has 0 amide bonds. The van der Waals surface area contributed by atoms with Crippen LogP contribution in [-0.2, 0) is 13.0 Å². The number of nitrogens with one attached hydrogen (secondary N) is 1. The molecule has 0 aliphatic heterocycles. The van der Waals surface area contributed by atoms with Crippen molar-refractivity contribution in [3.63, 3.8) is 0 Å². The predicted molar refractivity (Wildman–Crippen MR) is 119 cm³/mol. The first-order valence-electron chi connectivity index (χ1n) is 9.73. The van der Waals surface area contributed by atoms with Gasteiger partial charge in [0.1, 0.15) is 0 Å². The highest BCUT2D eigenvalue weighted by molar-refractivity contribution is 7.07. The van der Waals surface area contributed by atoms with E-state index in [0.717, 1.165) is 29.1 Å². The Bertz CT molecular complexity index is 1060. The average Bonchev–Trinajstić information content (AvgIpc) is 3.26. The van der Waals surface area contributed by atoms with E-state index in [4.69, 9.17) is 0 Å².